The molecule has 1 fully saturated rings. The van der Waals surface area contributed by atoms with Crippen LogP contribution in [0, 0.1) is 5.92 Å². The smallest absolute Gasteiger partial charge is 0.348 e. The number of ether oxygens (including phenoxy) is 1. The molecule has 1 aromatic heterocycles. The van der Waals surface area contributed by atoms with Crippen molar-refractivity contribution in [1.82, 2.24) is 5.01 Å². The van der Waals surface area contributed by atoms with Crippen LogP contribution in [-0.4, -0.2) is 29.2 Å². The van der Waals surface area contributed by atoms with Crippen molar-refractivity contribution in [2.75, 3.05) is 6.61 Å². The zero-order valence-electron chi connectivity index (χ0n) is 18.7. The summed E-state index contributed by atoms with van der Waals surface area (Å²) in [7, 11) is 0. The van der Waals surface area contributed by atoms with Gasteiger partial charge in [-0.05, 0) is 77.8 Å². The third-order valence-corrected chi connectivity index (χ3v) is 7.58. The molecule has 2 heterocycles. The zero-order chi connectivity index (χ0) is 24.4. The zero-order valence-corrected chi connectivity index (χ0v) is 21.0. The number of carbonyl (C=O) groups excluding carboxylic acids is 2. The Bertz CT molecular complexity index is 1280. The number of hydrazone groups is 1. The van der Waals surface area contributed by atoms with E-state index in [0.717, 1.165) is 41.7 Å². The Morgan fingerprint density at radius 1 is 1.06 bits per heavy atom. The summed E-state index contributed by atoms with van der Waals surface area (Å²) in [5.74, 6) is -0.827. The number of fused-ring (bicyclic) bond motifs is 1. The van der Waals surface area contributed by atoms with Crippen molar-refractivity contribution < 1.29 is 14.3 Å². The Kier molecular flexibility index (Phi) is 7.04. The molecule has 2 unspecified atom stereocenters. The first-order chi connectivity index (χ1) is 17.0. The highest BCUT2D eigenvalue weighted by Crippen LogP contribution is 2.44. The maximum atomic E-state index is 13.3. The second kappa shape index (κ2) is 10.4. The largest absolute Gasteiger partial charge is 0.451 e. The molecule has 0 saturated heterocycles. The minimum atomic E-state index is -0.510. The van der Waals surface area contributed by atoms with Gasteiger partial charge in [0, 0.05) is 16.0 Å². The molecule has 1 saturated carbocycles. The highest BCUT2D eigenvalue weighted by molar-refractivity contribution is 7.11. The van der Waals surface area contributed by atoms with Crippen molar-refractivity contribution in [2.45, 2.75) is 25.3 Å². The number of allylic oxidation sites excluding steroid dienone is 1. The standard InChI is InChI=1S/C27H22Cl2N2O3S/c28-20-10-6-17(7-11-20)15-19-3-1-4-22-25(19)30-31(26(22)18-8-12-21(29)13-9-18)24(32)16-34-27(33)23-5-2-14-35-23/h2,5-15,22,26H,1,3-4,16H2. The fourth-order valence-electron chi connectivity index (χ4n) is 4.62. The van der Waals surface area contributed by atoms with Crippen LogP contribution < -0.4 is 0 Å². The van der Waals surface area contributed by atoms with Crippen LogP contribution in [0.1, 0.15) is 46.1 Å². The molecule has 2 atom stereocenters. The van der Waals surface area contributed by atoms with E-state index in [9.17, 15) is 9.59 Å². The maximum absolute atomic E-state index is 13.3. The molecule has 0 N–H and O–H groups in total. The minimum Gasteiger partial charge on any atom is -0.451 e. The van der Waals surface area contributed by atoms with E-state index in [1.807, 2.05) is 48.5 Å². The first-order valence-corrected chi connectivity index (χ1v) is 13.0. The summed E-state index contributed by atoms with van der Waals surface area (Å²) in [4.78, 5) is 26.1. The van der Waals surface area contributed by atoms with Crippen molar-refractivity contribution in [1.29, 1.82) is 0 Å². The van der Waals surface area contributed by atoms with Gasteiger partial charge >= 0.3 is 5.97 Å². The number of amides is 1. The molecule has 5 nitrogen and oxygen atoms in total. The average molecular weight is 525 g/mol. The van der Waals surface area contributed by atoms with E-state index in [1.165, 1.54) is 16.3 Å². The summed E-state index contributed by atoms with van der Waals surface area (Å²) in [5.41, 5.74) is 3.99. The van der Waals surface area contributed by atoms with E-state index in [2.05, 4.69) is 6.08 Å². The fourth-order valence-corrected chi connectivity index (χ4v) is 5.49. The second-order valence-electron chi connectivity index (χ2n) is 8.49. The van der Waals surface area contributed by atoms with Gasteiger partial charge in [-0.1, -0.05) is 53.5 Å². The first kappa shape index (κ1) is 23.8. The Labute approximate surface area is 217 Å². The first-order valence-electron chi connectivity index (χ1n) is 11.3. The number of halogens is 2. The van der Waals surface area contributed by atoms with E-state index in [0.29, 0.717) is 14.9 Å². The van der Waals surface area contributed by atoms with Crippen molar-refractivity contribution in [2.24, 2.45) is 11.0 Å². The molecule has 2 aliphatic rings. The summed E-state index contributed by atoms with van der Waals surface area (Å²) in [6, 6.07) is 18.3. The SMILES string of the molecule is O=C(OCC(=O)N1N=C2C(=Cc3ccc(Cl)cc3)CCCC2C1c1ccc(Cl)cc1)c1cccs1. The summed E-state index contributed by atoms with van der Waals surface area (Å²) < 4.78 is 5.31. The molecule has 8 heteroatoms. The van der Waals surface area contributed by atoms with Crippen molar-refractivity contribution in [3.8, 4) is 0 Å². The van der Waals surface area contributed by atoms with Gasteiger partial charge in [0.2, 0.25) is 0 Å². The Morgan fingerprint density at radius 3 is 2.46 bits per heavy atom. The van der Waals surface area contributed by atoms with Crippen molar-refractivity contribution in [3.05, 3.63) is 97.7 Å². The molecule has 3 aromatic rings. The van der Waals surface area contributed by atoms with Crippen LogP contribution in [0.5, 0.6) is 0 Å². The number of thiophene rings is 1. The van der Waals surface area contributed by atoms with Gasteiger partial charge in [-0.15, -0.1) is 11.3 Å². The van der Waals surface area contributed by atoms with E-state index in [4.69, 9.17) is 33.0 Å². The number of benzene rings is 2. The molecule has 0 bridgehead atoms. The Hall–Kier alpha value is -2.93. The quantitative estimate of drug-likeness (QED) is 0.336. The van der Waals surface area contributed by atoms with Crippen LogP contribution >= 0.6 is 34.5 Å². The summed E-state index contributed by atoms with van der Waals surface area (Å²) in [6.45, 7) is -0.374. The lowest BCUT2D eigenvalue weighted by Gasteiger charge is -2.29. The van der Waals surface area contributed by atoms with Gasteiger partial charge in [-0.3, -0.25) is 4.79 Å². The number of hydrogen-bond donors (Lipinski definition) is 0. The predicted molar refractivity (Wildman–Crippen MR) is 140 cm³/mol. The van der Waals surface area contributed by atoms with E-state index in [-0.39, 0.29) is 24.5 Å². The number of carbonyl (C=O) groups is 2. The van der Waals surface area contributed by atoms with Crippen molar-refractivity contribution >= 4 is 58.2 Å². The molecular formula is C27H22Cl2N2O3S. The van der Waals surface area contributed by atoms with Crippen LogP contribution in [0.4, 0.5) is 0 Å². The third kappa shape index (κ3) is 5.20. The predicted octanol–water partition coefficient (Wildman–Crippen LogP) is 7.03. The van der Waals surface area contributed by atoms with Gasteiger partial charge in [0.15, 0.2) is 6.61 Å². The highest BCUT2D eigenvalue weighted by Gasteiger charge is 2.43. The topological polar surface area (TPSA) is 59.0 Å². The number of hydrogen-bond acceptors (Lipinski definition) is 5. The van der Waals surface area contributed by atoms with Gasteiger partial charge < -0.3 is 4.74 Å². The highest BCUT2D eigenvalue weighted by atomic mass is 35.5. The lowest BCUT2D eigenvalue weighted by Crippen LogP contribution is -2.34. The molecule has 1 aliphatic heterocycles. The summed E-state index contributed by atoms with van der Waals surface area (Å²) in [6.07, 6.45) is 4.89. The Balaban J connectivity index is 1.45. The molecule has 35 heavy (non-hydrogen) atoms. The van der Waals surface area contributed by atoms with Gasteiger partial charge in [0.25, 0.3) is 5.91 Å². The maximum Gasteiger partial charge on any atom is 0.348 e. The van der Waals surface area contributed by atoms with E-state index < -0.39 is 5.97 Å². The normalized spacial score (nSPS) is 20.5. The molecular weight excluding hydrogens is 503 g/mol. The lowest BCUT2D eigenvalue weighted by atomic mass is 9.77. The van der Waals surface area contributed by atoms with Crippen LogP contribution in [-0.2, 0) is 9.53 Å². The lowest BCUT2D eigenvalue weighted by molar-refractivity contribution is -0.137. The summed E-state index contributed by atoms with van der Waals surface area (Å²) in [5, 5.41) is 9.41. The molecule has 5 rings (SSSR count). The molecule has 0 spiro atoms. The average Bonchev–Trinajstić information content (AvgIpc) is 3.53. The molecule has 0 radical (unpaired) electrons. The monoisotopic (exact) mass is 524 g/mol. The fraction of sp³-hybridized carbons (Fsp3) is 0.222. The molecule has 2 aromatic carbocycles. The third-order valence-electron chi connectivity index (χ3n) is 6.23. The van der Waals surface area contributed by atoms with Crippen LogP contribution in [0.15, 0.2) is 76.7 Å². The van der Waals surface area contributed by atoms with Crippen LogP contribution in [0.2, 0.25) is 10.0 Å². The van der Waals surface area contributed by atoms with E-state index >= 15 is 0 Å². The van der Waals surface area contributed by atoms with E-state index in [1.54, 1.807) is 17.5 Å². The second-order valence-corrected chi connectivity index (χ2v) is 10.3. The number of esters is 1. The van der Waals surface area contributed by atoms with Gasteiger partial charge in [-0.2, -0.15) is 5.10 Å². The molecule has 178 valence electrons. The summed E-state index contributed by atoms with van der Waals surface area (Å²) >= 11 is 13.5. The Morgan fingerprint density at radius 2 is 1.77 bits per heavy atom. The minimum absolute atomic E-state index is 0.0421. The molecule has 1 aliphatic carbocycles. The van der Waals surface area contributed by atoms with Gasteiger partial charge in [0.1, 0.15) is 4.88 Å². The number of rotatable bonds is 5. The molecule has 1 amide bonds. The van der Waals surface area contributed by atoms with Gasteiger partial charge in [-0.25, -0.2) is 9.80 Å². The van der Waals surface area contributed by atoms with Crippen LogP contribution in [0.3, 0.4) is 0 Å². The van der Waals surface area contributed by atoms with Gasteiger partial charge in [0.05, 0.1) is 11.8 Å². The number of nitrogens with zero attached hydrogens (tertiary/aromatic N) is 2. The van der Waals surface area contributed by atoms with Crippen molar-refractivity contribution in [3.63, 3.8) is 0 Å². The van der Waals surface area contributed by atoms with Crippen LogP contribution in [0.25, 0.3) is 6.08 Å².